The van der Waals surface area contributed by atoms with Crippen molar-refractivity contribution in [3.63, 3.8) is 0 Å². The zero-order valence-electron chi connectivity index (χ0n) is 15.0. The van der Waals surface area contributed by atoms with Gasteiger partial charge in [0.25, 0.3) is 5.91 Å². The Morgan fingerprint density at radius 3 is 2.37 bits per heavy atom. The average Bonchev–Trinajstić information content (AvgIpc) is 2.73. The van der Waals surface area contributed by atoms with Gasteiger partial charge in [-0.15, -0.1) is 0 Å². The highest BCUT2D eigenvalue weighted by molar-refractivity contribution is 5.93. The summed E-state index contributed by atoms with van der Waals surface area (Å²) in [6, 6.07) is 9.06. The molecular formula is C19H19N5O3. The smallest absolute Gasteiger partial charge is 0.254 e. The van der Waals surface area contributed by atoms with Crippen molar-refractivity contribution in [2.45, 2.75) is 6.54 Å². The number of amides is 1. The Balaban J connectivity index is 1.62. The maximum Gasteiger partial charge on any atom is 0.254 e. The molecule has 0 radical (unpaired) electrons. The number of ether oxygens (including phenoxy) is 2. The van der Waals surface area contributed by atoms with E-state index in [9.17, 15) is 4.79 Å². The molecule has 2 heterocycles. The number of benzene rings is 1. The standard InChI is InChI=1S/C19H19N5O3/c1-26-16-4-3-15(9-17(16)27-2)24-19-22-11-14(12-23-19)18(25)21-10-13-5-7-20-8-6-13/h3-9,11-12H,10H2,1-2H3,(H,21,25)(H,22,23,24). The predicted octanol–water partition coefficient (Wildman–Crippen LogP) is 2.56. The Kier molecular flexibility index (Phi) is 5.78. The second-order valence-corrected chi connectivity index (χ2v) is 5.53. The topological polar surface area (TPSA) is 98.3 Å². The van der Waals surface area contributed by atoms with Gasteiger partial charge in [-0.2, -0.15) is 0 Å². The lowest BCUT2D eigenvalue weighted by Gasteiger charge is -2.10. The minimum Gasteiger partial charge on any atom is -0.493 e. The summed E-state index contributed by atoms with van der Waals surface area (Å²) < 4.78 is 10.5. The molecule has 0 bridgehead atoms. The summed E-state index contributed by atoms with van der Waals surface area (Å²) in [4.78, 5) is 24.5. The van der Waals surface area contributed by atoms with E-state index in [2.05, 4.69) is 25.6 Å². The second-order valence-electron chi connectivity index (χ2n) is 5.53. The fourth-order valence-electron chi connectivity index (χ4n) is 2.34. The number of aromatic nitrogens is 3. The van der Waals surface area contributed by atoms with E-state index in [1.54, 1.807) is 38.7 Å². The molecule has 0 atom stereocenters. The average molecular weight is 365 g/mol. The van der Waals surface area contributed by atoms with Gasteiger partial charge in [0.05, 0.1) is 19.8 Å². The Hall–Kier alpha value is -3.68. The summed E-state index contributed by atoms with van der Waals surface area (Å²) in [6.45, 7) is 0.410. The van der Waals surface area contributed by atoms with Crippen LogP contribution in [0.5, 0.6) is 11.5 Å². The minimum absolute atomic E-state index is 0.246. The van der Waals surface area contributed by atoms with Gasteiger partial charge in [0.1, 0.15) is 0 Å². The highest BCUT2D eigenvalue weighted by Gasteiger charge is 2.09. The first-order valence-corrected chi connectivity index (χ1v) is 8.18. The number of carbonyl (C=O) groups is 1. The normalized spacial score (nSPS) is 10.1. The maximum atomic E-state index is 12.2. The van der Waals surface area contributed by atoms with Crippen molar-refractivity contribution < 1.29 is 14.3 Å². The molecule has 3 aromatic rings. The van der Waals surface area contributed by atoms with E-state index in [-0.39, 0.29) is 5.91 Å². The van der Waals surface area contributed by atoms with Crippen molar-refractivity contribution >= 4 is 17.5 Å². The Morgan fingerprint density at radius 2 is 1.70 bits per heavy atom. The van der Waals surface area contributed by atoms with Crippen LogP contribution in [0.3, 0.4) is 0 Å². The van der Waals surface area contributed by atoms with Crippen molar-refractivity contribution in [1.82, 2.24) is 20.3 Å². The van der Waals surface area contributed by atoms with Gasteiger partial charge in [0.2, 0.25) is 5.95 Å². The third kappa shape index (κ3) is 4.69. The summed E-state index contributed by atoms with van der Waals surface area (Å²) in [7, 11) is 3.14. The molecule has 0 fully saturated rings. The number of methoxy groups -OCH3 is 2. The molecule has 0 saturated carbocycles. The van der Waals surface area contributed by atoms with Crippen molar-refractivity contribution in [2.75, 3.05) is 19.5 Å². The van der Waals surface area contributed by atoms with Crippen LogP contribution < -0.4 is 20.1 Å². The van der Waals surface area contributed by atoms with E-state index in [0.717, 1.165) is 11.3 Å². The molecule has 0 aliphatic carbocycles. The highest BCUT2D eigenvalue weighted by Crippen LogP contribution is 2.30. The van der Waals surface area contributed by atoms with Crippen LogP contribution in [0.25, 0.3) is 0 Å². The molecular weight excluding hydrogens is 346 g/mol. The maximum absolute atomic E-state index is 12.2. The molecule has 8 heteroatoms. The third-order valence-electron chi connectivity index (χ3n) is 3.76. The molecule has 0 saturated heterocycles. The number of pyridine rings is 1. The van der Waals surface area contributed by atoms with E-state index < -0.39 is 0 Å². The van der Waals surface area contributed by atoms with Crippen LogP contribution in [0, 0.1) is 0 Å². The highest BCUT2D eigenvalue weighted by atomic mass is 16.5. The molecule has 0 aliphatic heterocycles. The van der Waals surface area contributed by atoms with Gasteiger partial charge < -0.3 is 20.1 Å². The SMILES string of the molecule is COc1ccc(Nc2ncc(C(=O)NCc3ccncc3)cn2)cc1OC. The van der Waals surface area contributed by atoms with Gasteiger partial charge in [-0.05, 0) is 29.8 Å². The van der Waals surface area contributed by atoms with Gasteiger partial charge in [-0.3, -0.25) is 9.78 Å². The lowest BCUT2D eigenvalue weighted by molar-refractivity contribution is 0.0950. The van der Waals surface area contributed by atoms with Gasteiger partial charge in [0, 0.05) is 43.1 Å². The van der Waals surface area contributed by atoms with Crippen LogP contribution in [0.15, 0.2) is 55.1 Å². The quantitative estimate of drug-likeness (QED) is 0.664. The minimum atomic E-state index is -0.246. The van der Waals surface area contributed by atoms with Crippen LogP contribution in [-0.4, -0.2) is 35.1 Å². The van der Waals surface area contributed by atoms with E-state index >= 15 is 0 Å². The molecule has 138 valence electrons. The molecule has 3 rings (SSSR count). The number of anilines is 2. The van der Waals surface area contributed by atoms with Crippen LogP contribution in [0.4, 0.5) is 11.6 Å². The number of hydrogen-bond donors (Lipinski definition) is 2. The van der Waals surface area contributed by atoms with Gasteiger partial charge in [0.15, 0.2) is 11.5 Å². The third-order valence-corrected chi connectivity index (χ3v) is 3.76. The monoisotopic (exact) mass is 365 g/mol. The Bertz CT molecular complexity index is 901. The molecule has 1 amide bonds. The van der Waals surface area contributed by atoms with Crippen LogP contribution in [0.2, 0.25) is 0 Å². The van der Waals surface area contributed by atoms with Crippen LogP contribution in [0.1, 0.15) is 15.9 Å². The first kappa shape index (κ1) is 18.1. The summed E-state index contributed by atoms with van der Waals surface area (Å²) in [6.07, 6.45) is 6.30. The van der Waals surface area contributed by atoms with Crippen molar-refractivity contribution in [2.24, 2.45) is 0 Å². The number of rotatable bonds is 7. The fraction of sp³-hybridized carbons (Fsp3) is 0.158. The number of hydrogen-bond acceptors (Lipinski definition) is 7. The largest absolute Gasteiger partial charge is 0.493 e. The molecule has 0 spiro atoms. The van der Waals surface area contributed by atoms with E-state index in [4.69, 9.17) is 9.47 Å². The summed E-state index contributed by atoms with van der Waals surface area (Å²) >= 11 is 0. The summed E-state index contributed by atoms with van der Waals surface area (Å²) in [5.41, 5.74) is 2.08. The number of nitrogens with one attached hydrogen (secondary N) is 2. The fourth-order valence-corrected chi connectivity index (χ4v) is 2.34. The summed E-state index contributed by atoms with van der Waals surface area (Å²) in [5.74, 6) is 1.34. The van der Waals surface area contributed by atoms with Crippen LogP contribution in [-0.2, 0) is 6.54 Å². The number of nitrogens with zero attached hydrogens (tertiary/aromatic N) is 3. The lowest BCUT2D eigenvalue weighted by Crippen LogP contribution is -2.23. The molecule has 1 aromatic carbocycles. The van der Waals surface area contributed by atoms with Gasteiger partial charge >= 0.3 is 0 Å². The zero-order valence-corrected chi connectivity index (χ0v) is 15.0. The Morgan fingerprint density at radius 1 is 1.00 bits per heavy atom. The van der Waals surface area contributed by atoms with Crippen molar-refractivity contribution in [1.29, 1.82) is 0 Å². The molecule has 8 nitrogen and oxygen atoms in total. The first-order valence-electron chi connectivity index (χ1n) is 8.18. The molecule has 2 aromatic heterocycles. The van der Waals surface area contributed by atoms with Gasteiger partial charge in [-0.1, -0.05) is 0 Å². The van der Waals surface area contributed by atoms with E-state index in [1.165, 1.54) is 12.4 Å². The molecule has 27 heavy (non-hydrogen) atoms. The molecule has 0 aliphatic rings. The van der Waals surface area contributed by atoms with Crippen molar-refractivity contribution in [3.05, 3.63) is 66.2 Å². The Labute approximate surface area is 156 Å². The zero-order chi connectivity index (χ0) is 19.1. The van der Waals surface area contributed by atoms with E-state index in [0.29, 0.717) is 29.6 Å². The first-order chi connectivity index (χ1) is 13.2. The van der Waals surface area contributed by atoms with Crippen molar-refractivity contribution in [3.8, 4) is 11.5 Å². The van der Waals surface area contributed by atoms with E-state index in [1.807, 2.05) is 18.2 Å². The molecule has 0 unspecified atom stereocenters. The number of carbonyl (C=O) groups excluding carboxylic acids is 1. The second kappa shape index (κ2) is 8.61. The summed E-state index contributed by atoms with van der Waals surface area (Å²) in [5, 5.41) is 5.87. The predicted molar refractivity (Wildman–Crippen MR) is 100 cm³/mol. The van der Waals surface area contributed by atoms with Gasteiger partial charge in [-0.25, -0.2) is 9.97 Å². The lowest BCUT2D eigenvalue weighted by atomic mass is 10.2. The molecule has 2 N–H and O–H groups in total. The van der Waals surface area contributed by atoms with Crippen LogP contribution >= 0.6 is 0 Å².